The molecule has 0 saturated carbocycles. The van der Waals surface area contributed by atoms with Gasteiger partial charge in [-0.25, -0.2) is 4.98 Å². The van der Waals surface area contributed by atoms with Crippen molar-refractivity contribution in [3.63, 3.8) is 0 Å². The van der Waals surface area contributed by atoms with Gasteiger partial charge in [-0.05, 0) is 12.1 Å². The zero-order valence-corrected chi connectivity index (χ0v) is 13.4. The Kier molecular flexibility index (Phi) is 3.84. The van der Waals surface area contributed by atoms with Crippen molar-refractivity contribution in [2.45, 2.75) is 18.6 Å². The van der Waals surface area contributed by atoms with Gasteiger partial charge in [-0.2, -0.15) is 0 Å². The molecule has 23 heavy (non-hydrogen) atoms. The lowest BCUT2D eigenvalue weighted by Crippen LogP contribution is -2.47. The molecule has 2 aromatic heterocycles. The first-order valence-electron chi connectivity index (χ1n) is 7.69. The van der Waals surface area contributed by atoms with E-state index in [0.717, 1.165) is 23.4 Å². The molecule has 0 atom stereocenters. The van der Waals surface area contributed by atoms with E-state index in [1.807, 2.05) is 22.4 Å². The largest absolute Gasteiger partial charge is 0.347 e. The number of hydrogen-bond acceptors (Lipinski definition) is 6. The smallest absolute Gasteiger partial charge is 0.273 e. The normalized spacial score (nSPS) is 20.1. The number of rotatable bonds is 2. The maximum atomic E-state index is 12.6. The van der Waals surface area contributed by atoms with Gasteiger partial charge in [0.05, 0.1) is 13.2 Å². The second kappa shape index (κ2) is 5.99. The summed E-state index contributed by atoms with van der Waals surface area (Å²) in [6.45, 7) is 2.57. The Balaban J connectivity index is 1.45. The molecule has 1 spiro atoms. The molecular weight excluding hydrogens is 314 g/mol. The van der Waals surface area contributed by atoms with E-state index in [2.05, 4.69) is 9.97 Å². The summed E-state index contributed by atoms with van der Waals surface area (Å²) < 4.78 is 11.4. The zero-order valence-electron chi connectivity index (χ0n) is 12.6. The van der Waals surface area contributed by atoms with Crippen LogP contribution in [0, 0.1) is 0 Å². The van der Waals surface area contributed by atoms with Gasteiger partial charge in [0.25, 0.3) is 5.91 Å². The Bertz CT molecular complexity index is 688. The van der Waals surface area contributed by atoms with Crippen molar-refractivity contribution in [1.29, 1.82) is 0 Å². The van der Waals surface area contributed by atoms with Crippen LogP contribution in [0.5, 0.6) is 0 Å². The lowest BCUT2D eigenvalue weighted by atomic mass is 10.0. The van der Waals surface area contributed by atoms with E-state index in [4.69, 9.17) is 9.47 Å². The number of thiazole rings is 1. The first kappa shape index (κ1) is 14.7. The minimum Gasteiger partial charge on any atom is -0.347 e. The zero-order chi connectivity index (χ0) is 15.7. The number of aromatic nitrogens is 2. The number of carbonyl (C=O) groups excluding carboxylic acids is 1. The van der Waals surface area contributed by atoms with E-state index in [1.54, 1.807) is 12.4 Å². The van der Waals surface area contributed by atoms with Crippen LogP contribution in [0.25, 0.3) is 10.6 Å². The molecule has 0 unspecified atom stereocenters. The number of pyridine rings is 1. The molecule has 2 aromatic rings. The summed E-state index contributed by atoms with van der Waals surface area (Å²) in [5.41, 5.74) is 1.43. The maximum absolute atomic E-state index is 12.6. The summed E-state index contributed by atoms with van der Waals surface area (Å²) in [4.78, 5) is 23.0. The van der Waals surface area contributed by atoms with Crippen molar-refractivity contribution >= 4 is 17.2 Å². The summed E-state index contributed by atoms with van der Waals surface area (Å²) in [5, 5.41) is 2.63. The van der Waals surface area contributed by atoms with Crippen LogP contribution in [0.15, 0.2) is 29.9 Å². The number of likely N-dealkylation sites (tertiary alicyclic amines) is 1. The molecule has 1 amide bonds. The second-order valence-electron chi connectivity index (χ2n) is 5.68. The highest BCUT2D eigenvalue weighted by Crippen LogP contribution is 2.32. The topological polar surface area (TPSA) is 64.6 Å². The van der Waals surface area contributed by atoms with Crippen molar-refractivity contribution in [2.24, 2.45) is 0 Å². The second-order valence-corrected chi connectivity index (χ2v) is 6.54. The molecule has 2 fully saturated rings. The molecule has 0 radical (unpaired) electrons. The lowest BCUT2D eigenvalue weighted by Gasteiger charge is -2.37. The third kappa shape index (κ3) is 2.87. The van der Waals surface area contributed by atoms with Gasteiger partial charge in [-0.15, -0.1) is 11.3 Å². The standard InChI is InChI=1S/C16H17N3O3S/c20-15(19-6-3-16(4-7-19)21-8-9-22-16)13-11-23-14(18-13)12-2-1-5-17-10-12/h1-2,5,10-11H,3-4,6-9H2. The highest BCUT2D eigenvalue weighted by molar-refractivity contribution is 7.13. The minimum absolute atomic E-state index is 0.0239. The fourth-order valence-corrected chi connectivity index (χ4v) is 3.78. The van der Waals surface area contributed by atoms with Crippen LogP contribution in [0.1, 0.15) is 23.3 Å². The highest BCUT2D eigenvalue weighted by Gasteiger charge is 2.41. The summed E-state index contributed by atoms with van der Waals surface area (Å²) >= 11 is 1.47. The minimum atomic E-state index is -0.459. The molecule has 4 rings (SSSR count). The summed E-state index contributed by atoms with van der Waals surface area (Å²) in [6, 6.07) is 3.81. The van der Waals surface area contributed by atoms with Crippen LogP contribution in [-0.4, -0.2) is 52.9 Å². The molecule has 120 valence electrons. The summed E-state index contributed by atoms with van der Waals surface area (Å²) in [5.74, 6) is -0.482. The van der Waals surface area contributed by atoms with Crippen LogP contribution < -0.4 is 0 Å². The van der Waals surface area contributed by atoms with Crippen LogP contribution in [0.3, 0.4) is 0 Å². The van der Waals surface area contributed by atoms with E-state index >= 15 is 0 Å². The molecule has 2 aliphatic heterocycles. The third-order valence-electron chi connectivity index (χ3n) is 4.26. The van der Waals surface area contributed by atoms with Crippen molar-refractivity contribution in [1.82, 2.24) is 14.9 Å². The maximum Gasteiger partial charge on any atom is 0.273 e. The third-order valence-corrected chi connectivity index (χ3v) is 5.15. The number of hydrogen-bond donors (Lipinski definition) is 0. The molecule has 7 heteroatoms. The number of ether oxygens (including phenoxy) is 2. The van der Waals surface area contributed by atoms with Crippen LogP contribution in [-0.2, 0) is 9.47 Å². The molecular formula is C16H17N3O3S. The Morgan fingerprint density at radius 3 is 2.74 bits per heavy atom. The molecule has 0 aromatic carbocycles. The van der Waals surface area contributed by atoms with Gasteiger partial charge in [0, 0.05) is 49.3 Å². The molecule has 2 aliphatic rings. The predicted octanol–water partition coefficient (Wildman–Crippen LogP) is 2.18. The van der Waals surface area contributed by atoms with Crippen LogP contribution in [0.2, 0.25) is 0 Å². The quantitative estimate of drug-likeness (QED) is 0.844. The Hall–Kier alpha value is -1.83. The number of piperidine rings is 1. The van der Waals surface area contributed by atoms with Crippen molar-refractivity contribution in [3.05, 3.63) is 35.6 Å². The van der Waals surface area contributed by atoms with E-state index in [1.165, 1.54) is 11.3 Å². The van der Waals surface area contributed by atoms with Gasteiger partial charge in [0.2, 0.25) is 0 Å². The summed E-state index contributed by atoms with van der Waals surface area (Å²) in [7, 11) is 0. The number of amides is 1. The molecule has 2 saturated heterocycles. The molecule has 4 heterocycles. The highest BCUT2D eigenvalue weighted by atomic mass is 32.1. The predicted molar refractivity (Wildman–Crippen MR) is 85.1 cm³/mol. The van der Waals surface area contributed by atoms with Gasteiger partial charge < -0.3 is 14.4 Å². The molecule has 0 aliphatic carbocycles. The monoisotopic (exact) mass is 331 g/mol. The van der Waals surface area contributed by atoms with Crippen molar-refractivity contribution in [3.8, 4) is 10.6 Å². The van der Waals surface area contributed by atoms with E-state index in [9.17, 15) is 4.79 Å². The Morgan fingerprint density at radius 1 is 1.26 bits per heavy atom. The van der Waals surface area contributed by atoms with Gasteiger partial charge in [-0.1, -0.05) is 0 Å². The van der Waals surface area contributed by atoms with Crippen molar-refractivity contribution < 1.29 is 14.3 Å². The van der Waals surface area contributed by atoms with Gasteiger partial charge >= 0.3 is 0 Å². The Morgan fingerprint density at radius 2 is 2.04 bits per heavy atom. The van der Waals surface area contributed by atoms with Crippen LogP contribution >= 0.6 is 11.3 Å². The molecule has 0 N–H and O–H groups in total. The fraction of sp³-hybridized carbons (Fsp3) is 0.438. The summed E-state index contributed by atoms with van der Waals surface area (Å²) in [6.07, 6.45) is 4.92. The van der Waals surface area contributed by atoms with Crippen molar-refractivity contribution in [2.75, 3.05) is 26.3 Å². The van der Waals surface area contributed by atoms with Crippen LogP contribution in [0.4, 0.5) is 0 Å². The lowest BCUT2D eigenvalue weighted by molar-refractivity contribution is -0.181. The van der Waals surface area contributed by atoms with E-state index in [-0.39, 0.29) is 5.91 Å². The first-order valence-corrected chi connectivity index (χ1v) is 8.57. The average Bonchev–Trinajstić information content (AvgIpc) is 3.26. The number of carbonyl (C=O) groups is 1. The van der Waals surface area contributed by atoms with E-state index in [0.29, 0.717) is 32.0 Å². The SMILES string of the molecule is O=C(c1csc(-c2cccnc2)n1)N1CCC2(CC1)OCCO2. The van der Waals surface area contributed by atoms with Gasteiger partial charge in [0.15, 0.2) is 5.79 Å². The average molecular weight is 331 g/mol. The van der Waals surface area contributed by atoms with Gasteiger partial charge in [-0.3, -0.25) is 9.78 Å². The van der Waals surface area contributed by atoms with E-state index < -0.39 is 5.79 Å². The Labute approximate surface area is 138 Å². The molecule has 6 nitrogen and oxygen atoms in total. The number of nitrogens with zero attached hydrogens (tertiary/aromatic N) is 3. The van der Waals surface area contributed by atoms with Gasteiger partial charge in [0.1, 0.15) is 10.7 Å². The fourth-order valence-electron chi connectivity index (χ4n) is 2.99. The molecule has 0 bridgehead atoms. The first-order chi connectivity index (χ1) is 11.3.